The van der Waals surface area contributed by atoms with Gasteiger partial charge in [0, 0.05) is 25.7 Å². The Morgan fingerprint density at radius 2 is 2.22 bits per heavy atom. The summed E-state index contributed by atoms with van der Waals surface area (Å²) in [6.07, 6.45) is 7.46. The van der Waals surface area contributed by atoms with Crippen molar-refractivity contribution in [2.24, 2.45) is 0 Å². The van der Waals surface area contributed by atoms with Crippen LogP contribution in [0, 0.1) is 13.8 Å². The number of aromatic nitrogens is 3. The summed E-state index contributed by atoms with van der Waals surface area (Å²) < 4.78 is 5.21. The molecule has 1 fully saturated rings. The third-order valence-corrected chi connectivity index (χ3v) is 4.49. The monoisotopic (exact) mass is 314 g/mol. The van der Waals surface area contributed by atoms with Gasteiger partial charge >= 0.3 is 0 Å². The molecule has 23 heavy (non-hydrogen) atoms. The first-order valence-electron chi connectivity index (χ1n) is 8.07. The van der Waals surface area contributed by atoms with Crippen molar-refractivity contribution in [2.75, 3.05) is 6.54 Å². The Labute approximate surface area is 135 Å². The first-order chi connectivity index (χ1) is 11.1. The van der Waals surface area contributed by atoms with Crippen LogP contribution in [-0.4, -0.2) is 38.5 Å². The lowest BCUT2D eigenvalue weighted by Gasteiger charge is -2.23. The minimum atomic E-state index is 0.169. The van der Waals surface area contributed by atoms with Gasteiger partial charge in [0.25, 0.3) is 0 Å². The van der Waals surface area contributed by atoms with Crippen molar-refractivity contribution in [1.29, 1.82) is 0 Å². The first-order valence-corrected chi connectivity index (χ1v) is 8.07. The quantitative estimate of drug-likeness (QED) is 0.867. The van der Waals surface area contributed by atoms with Crippen LogP contribution in [-0.2, 0) is 11.2 Å². The Balaban J connectivity index is 1.72. The van der Waals surface area contributed by atoms with E-state index in [4.69, 9.17) is 9.51 Å². The second-order valence-corrected chi connectivity index (χ2v) is 6.14. The highest BCUT2D eigenvalue weighted by Gasteiger charge is 2.26. The molecular weight excluding hydrogens is 292 g/mol. The number of hydrogen-bond donors (Lipinski definition) is 0. The Morgan fingerprint density at radius 1 is 1.39 bits per heavy atom. The molecule has 0 bridgehead atoms. The maximum absolute atomic E-state index is 11.6. The third kappa shape index (κ3) is 3.25. The highest BCUT2D eigenvalue weighted by molar-refractivity contribution is 5.73. The molecule has 1 aliphatic heterocycles. The highest BCUT2D eigenvalue weighted by Crippen LogP contribution is 2.25. The number of carbonyl (C=O) groups is 1. The minimum Gasteiger partial charge on any atom is -0.361 e. The predicted octanol–water partition coefficient (Wildman–Crippen LogP) is 2.69. The molecule has 1 atom stereocenters. The van der Waals surface area contributed by atoms with Gasteiger partial charge in [-0.3, -0.25) is 9.78 Å². The smallest absolute Gasteiger partial charge is 0.219 e. The van der Waals surface area contributed by atoms with Crippen LogP contribution in [0.3, 0.4) is 0 Å². The van der Waals surface area contributed by atoms with Crippen LogP contribution >= 0.6 is 0 Å². The van der Waals surface area contributed by atoms with Crippen LogP contribution in [0.5, 0.6) is 0 Å². The van der Waals surface area contributed by atoms with Crippen molar-refractivity contribution >= 4 is 5.91 Å². The number of likely N-dealkylation sites (tertiary alicyclic amines) is 1. The first kappa shape index (κ1) is 15.6. The fourth-order valence-corrected chi connectivity index (χ4v) is 3.36. The largest absolute Gasteiger partial charge is 0.361 e. The molecule has 0 aliphatic carbocycles. The van der Waals surface area contributed by atoms with Crippen molar-refractivity contribution in [1.82, 2.24) is 20.0 Å². The van der Waals surface area contributed by atoms with Gasteiger partial charge < -0.3 is 9.42 Å². The summed E-state index contributed by atoms with van der Waals surface area (Å²) in [5.41, 5.74) is 3.49. The lowest BCUT2D eigenvalue weighted by atomic mass is 10.1. The van der Waals surface area contributed by atoms with Crippen LogP contribution < -0.4 is 0 Å². The van der Waals surface area contributed by atoms with E-state index in [0.29, 0.717) is 6.04 Å². The number of rotatable bonds is 4. The van der Waals surface area contributed by atoms with Crippen LogP contribution in [0.25, 0.3) is 11.3 Å². The van der Waals surface area contributed by atoms with Crippen molar-refractivity contribution in [3.05, 3.63) is 29.5 Å². The maximum atomic E-state index is 11.6. The molecular formula is C17H22N4O2. The van der Waals surface area contributed by atoms with Gasteiger partial charge in [-0.05, 0) is 39.5 Å². The van der Waals surface area contributed by atoms with Gasteiger partial charge in [0.1, 0.15) is 5.76 Å². The summed E-state index contributed by atoms with van der Waals surface area (Å²) in [5, 5.41) is 3.97. The molecule has 2 aromatic heterocycles. The second kappa shape index (κ2) is 6.48. The molecule has 0 N–H and O–H groups in total. The molecule has 0 radical (unpaired) electrons. The number of nitrogens with zero attached hydrogens (tertiary/aromatic N) is 4. The molecule has 6 heteroatoms. The third-order valence-electron chi connectivity index (χ3n) is 4.49. The van der Waals surface area contributed by atoms with E-state index in [1.54, 1.807) is 19.3 Å². The predicted molar refractivity (Wildman–Crippen MR) is 85.7 cm³/mol. The second-order valence-electron chi connectivity index (χ2n) is 6.14. The highest BCUT2D eigenvalue weighted by atomic mass is 16.5. The summed E-state index contributed by atoms with van der Waals surface area (Å²) in [5.74, 6) is 0.926. The van der Waals surface area contributed by atoms with Crippen molar-refractivity contribution in [3.8, 4) is 11.3 Å². The summed E-state index contributed by atoms with van der Waals surface area (Å²) in [4.78, 5) is 22.6. The topological polar surface area (TPSA) is 72.1 Å². The zero-order valence-corrected chi connectivity index (χ0v) is 13.9. The average Bonchev–Trinajstić information content (AvgIpc) is 3.12. The Morgan fingerprint density at radius 3 is 2.91 bits per heavy atom. The SMILES string of the molecule is CC(=O)N1CCC[C@H]1CCc1cncc(-c2c(C)noc2C)n1. The van der Waals surface area contributed by atoms with Crippen LogP contribution in [0.15, 0.2) is 16.9 Å². The van der Waals surface area contributed by atoms with Gasteiger partial charge in [0.2, 0.25) is 5.91 Å². The van der Waals surface area contributed by atoms with Gasteiger partial charge in [-0.25, -0.2) is 4.98 Å². The summed E-state index contributed by atoms with van der Waals surface area (Å²) >= 11 is 0. The van der Waals surface area contributed by atoms with Crippen molar-refractivity contribution < 1.29 is 9.32 Å². The lowest BCUT2D eigenvalue weighted by Crippen LogP contribution is -2.33. The number of aryl methyl sites for hydroxylation is 3. The molecule has 3 rings (SSSR count). The molecule has 1 saturated heterocycles. The molecule has 0 aromatic carbocycles. The minimum absolute atomic E-state index is 0.169. The standard InChI is InChI=1S/C17H22N4O2/c1-11-17(12(2)23-20-11)16-10-18-9-14(19-16)6-7-15-5-4-8-21(15)13(3)22/h9-10,15H,4-8H2,1-3H3/t15-/m0/s1. The summed E-state index contributed by atoms with van der Waals surface area (Å²) in [6, 6.07) is 0.331. The van der Waals surface area contributed by atoms with E-state index in [1.165, 1.54) is 0 Å². The van der Waals surface area contributed by atoms with Crippen molar-refractivity contribution in [2.45, 2.75) is 52.5 Å². The van der Waals surface area contributed by atoms with Gasteiger partial charge in [0.05, 0.1) is 28.8 Å². The van der Waals surface area contributed by atoms with Gasteiger partial charge in [-0.1, -0.05) is 5.16 Å². The number of hydrogen-bond acceptors (Lipinski definition) is 5. The average molecular weight is 314 g/mol. The van der Waals surface area contributed by atoms with E-state index in [9.17, 15) is 4.79 Å². The van der Waals surface area contributed by atoms with E-state index in [0.717, 1.165) is 60.6 Å². The zero-order valence-electron chi connectivity index (χ0n) is 13.9. The number of amides is 1. The van der Waals surface area contributed by atoms with Crippen molar-refractivity contribution in [3.63, 3.8) is 0 Å². The van der Waals surface area contributed by atoms with Gasteiger partial charge in [0.15, 0.2) is 0 Å². The maximum Gasteiger partial charge on any atom is 0.219 e. The summed E-state index contributed by atoms with van der Waals surface area (Å²) in [7, 11) is 0. The van der Waals surface area contributed by atoms with E-state index in [-0.39, 0.29) is 5.91 Å². The number of carbonyl (C=O) groups excluding carboxylic acids is 1. The van der Waals surface area contributed by atoms with Crippen LogP contribution in [0.2, 0.25) is 0 Å². The van der Waals surface area contributed by atoms with Crippen LogP contribution in [0.4, 0.5) is 0 Å². The molecule has 0 saturated carbocycles. The molecule has 0 spiro atoms. The Kier molecular flexibility index (Phi) is 4.41. The molecule has 1 amide bonds. The van der Waals surface area contributed by atoms with E-state index in [2.05, 4.69) is 10.1 Å². The van der Waals surface area contributed by atoms with E-state index < -0.39 is 0 Å². The molecule has 1 aliphatic rings. The Hall–Kier alpha value is -2.24. The fourth-order valence-electron chi connectivity index (χ4n) is 3.36. The van der Waals surface area contributed by atoms with Gasteiger partial charge in [-0.2, -0.15) is 0 Å². The summed E-state index contributed by atoms with van der Waals surface area (Å²) in [6.45, 7) is 6.32. The molecule has 6 nitrogen and oxygen atoms in total. The van der Waals surface area contributed by atoms with E-state index >= 15 is 0 Å². The van der Waals surface area contributed by atoms with Gasteiger partial charge in [-0.15, -0.1) is 0 Å². The van der Waals surface area contributed by atoms with Crippen LogP contribution in [0.1, 0.15) is 43.3 Å². The molecule has 2 aromatic rings. The molecule has 122 valence electrons. The normalized spacial score (nSPS) is 17.7. The lowest BCUT2D eigenvalue weighted by molar-refractivity contribution is -0.129. The molecule has 0 unspecified atom stereocenters. The molecule has 3 heterocycles. The zero-order chi connectivity index (χ0) is 16.4. The Bertz CT molecular complexity index is 691. The van der Waals surface area contributed by atoms with E-state index in [1.807, 2.05) is 18.7 Å². The fraction of sp³-hybridized carbons (Fsp3) is 0.529.